The van der Waals surface area contributed by atoms with E-state index in [0.29, 0.717) is 11.5 Å². The zero-order chi connectivity index (χ0) is 20.2. The molecule has 3 aliphatic rings. The number of hydrogen-bond donors (Lipinski definition) is 2. The van der Waals surface area contributed by atoms with Crippen molar-refractivity contribution in [2.75, 3.05) is 53.1 Å². The van der Waals surface area contributed by atoms with Crippen molar-refractivity contribution in [1.29, 1.82) is 0 Å². The Morgan fingerprint density at radius 1 is 1.10 bits per heavy atom. The summed E-state index contributed by atoms with van der Waals surface area (Å²) < 4.78 is 11.4. The number of ether oxygens (including phenoxy) is 2. The van der Waals surface area contributed by atoms with Crippen LogP contribution >= 0.6 is 24.0 Å². The van der Waals surface area contributed by atoms with E-state index in [-0.39, 0.29) is 29.5 Å². The molecule has 2 N–H and O–H groups in total. The molecular formula is C23H37IN4O2. The van der Waals surface area contributed by atoms with Crippen LogP contribution in [0.25, 0.3) is 0 Å². The van der Waals surface area contributed by atoms with Gasteiger partial charge in [-0.1, -0.05) is 30.3 Å². The van der Waals surface area contributed by atoms with E-state index in [1.807, 2.05) is 7.05 Å². The van der Waals surface area contributed by atoms with Gasteiger partial charge in [0.15, 0.2) is 5.96 Å². The molecule has 3 heterocycles. The third kappa shape index (κ3) is 5.47. The average molecular weight is 528 g/mol. The summed E-state index contributed by atoms with van der Waals surface area (Å²) in [5, 5.41) is 7.63. The fourth-order valence-corrected chi connectivity index (χ4v) is 5.09. The number of likely N-dealkylation sites (tertiary alicyclic amines) is 1. The molecule has 7 heteroatoms. The van der Waals surface area contributed by atoms with E-state index in [2.05, 4.69) is 57.8 Å². The number of halogens is 1. The van der Waals surface area contributed by atoms with Gasteiger partial charge in [0.25, 0.3) is 0 Å². The highest BCUT2D eigenvalue weighted by Gasteiger charge is 2.42. The van der Waals surface area contributed by atoms with E-state index < -0.39 is 0 Å². The summed E-state index contributed by atoms with van der Waals surface area (Å²) in [6, 6.07) is 11.0. The van der Waals surface area contributed by atoms with Gasteiger partial charge in [0.2, 0.25) is 0 Å². The van der Waals surface area contributed by atoms with Crippen LogP contribution in [0.5, 0.6) is 0 Å². The topological polar surface area (TPSA) is 58.1 Å². The molecular weight excluding hydrogens is 491 g/mol. The van der Waals surface area contributed by atoms with Crippen molar-refractivity contribution in [1.82, 2.24) is 15.5 Å². The van der Waals surface area contributed by atoms with Gasteiger partial charge in [-0.15, -0.1) is 24.0 Å². The second-order valence-corrected chi connectivity index (χ2v) is 9.04. The molecule has 0 aromatic heterocycles. The summed E-state index contributed by atoms with van der Waals surface area (Å²) in [6.07, 6.45) is 4.39. The number of benzene rings is 1. The molecule has 3 fully saturated rings. The first-order chi connectivity index (χ1) is 14.1. The molecule has 2 unspecified atom stereocenters. The second-order valence-electron chi connectivity index (χ2n) is 9.04. The number of hydrogen-bond acceptors (Lipinski definition) is 4. The lowest BCUT2D eigenvalue weighted by atomic mass is 9.87. The van der Waals surface area contributed by atoms with Gasteiger partial charge >= 0.3 is 0 Å². The van der Waals surface area contributed by atoms with Crippen molar-refractivity contribution < 1.29 is 9.47 Å². The van der Waals surface area contributed by atoms with Crippen molar-refractivity contribution in [3.8, 4) is 0 Å². The maximum Gasteiger partial charge on any atom is 0.193 e. The number of nitrogens with zero attached hydrogens (tertiary/aromatic N) is 2. The maximum atomic E-state index is 5.69. The van der Waals surface area contributed by atoms with Crippen LogP contribution in [0.2, 0.25) is 0 Å². The number of nitrogens with one attached hydrogen (secondary N) is 2. The monoisotopic (exact) mass is 528 g/mol. The van der Waals surface area contributed by atoms with Gasteiger partial charge in [0, 0.05) is 63.5 Å². The lowest BCUT2D eigenvalue weighted by Crippen LogP contribution is -2.58. The lowest BCUT2D eigenvalue weighted by Gasteiger charge is -2.41. The highest BCUT2D eigenvalue weighted by Crippen LogP contribution is 2.38. The quantitative estimate of drug-likeness (QED) is 0.350. The Bertz CT molecular complexity index is 688. The minimum absolute atomic E-state index is 0. The largest absolute Gasteiger partial charge is 0.381 e. The number of guanidine groups is 1. The van der Waals surface area contributed by atoms with Gasteiger partial charge in [-0.2, -0.15) is 0 Å². The van der Waals surface area contributed by atoms with Crippen LogP contribution in [0.4, 0.5) is 0 Å². The Morgan fingerprint density at radius 3 is 2.50 bits per heavy atom. The second kappa shape index (κ2) is 10.6. The van der Waals surface area contributed by atoms with Crippen molar-refractivity contribution in [2.24, 2.45) is 10.4 Å². The Kier molecular flexibility index (Phi) is 8.40. The summed E-state index contributed by atoms with van der Waals surface area (Å²) in [5.74, 6) is 1.02. The molecule has 0 saturated carbocycles. The molecule has 6 nitrogen and oxygen atoms in total. The van der Waals surface area contributed by atoms with Crippen molar-refractivity contribution >= 4 is 29.9 Å². The first-order valence-electron chi connectivity index (χ1n) is 11.1. The zero-order valence-corrected chi connectivity index (χ0v) is 20.7. The minimum Gasteiger partial charge on any atom is -0.381 e. The Hall–Kier alpha value is -0.900. The van der Waals surface area contributed by atoms with Gasteiger partial charge in [0.1, 0.15) is 0 Å². The van der Waals surface area contributed by atoms with Gasteiger partial charge in [0.05, 0.1) is 6.61 Å². The highest BCUT2D eigenvalue weighted by molar-refractivity contribution is 14.0. The van der Waals surface area contributed by atoms with Gasteiger partial charge in [-0.05, 0) is 38.2 Å². The predicted molar refractivity (Wildman–Crippen MR) is 132 cm³/mol. The van der Waals surface area contributed by atoms with Crippen LogP contribution in [-0.4, -0.2) is 69.5 Å². The van der Waals surface area contributed by atoms with Crippen LogP contribution in [0.1, 0.15) is 44.2 Å². The Labute approximate surface area is 198 Å². The standard InChI is InChI=1S/C23H36N4O2.HI/c1-19(20-6-4-3-5-7-20)26-23(10-14-28-15-11-23)16-25-21(24-2)27-12-8-22(17-27)9-13-29-18-22;/h3-7,19,26H,8-18H2,1-2H3,(H,24,25);1H. The maximum absolute atomic E-state index is 5.69. The fourth-order valence-electron chi connectivity index (χ4n) is 5.09. The molecule has 2 atom stereocenters. The molecule has 0 amide bonds. The molecule has 0 radical (unpaired) electrons. The lowest BCUT2D eigenvalue weighted by molar-refractivity contribution is 0.0352. The molecule has 1 aromatic rings. The third-order valence-corrected chi connectivity index (χ3v) is 6.99. The summed E-state index contributed by atoms with van der Waals surface area (Å²) in [5.41, 5.74) is 1.68. The van der Waals surface area contributed by atoms with E-state index in [4.69, 9.17) is 9.47 Å². The van der Waals surface area contributed by atoms with Crippen LogP contribution in [0.3, 0.4) is 0 Å². The molecule has 1 spiro atoms. The number of aliphatic imine (C=N–C) groups is 1. The van der Waals surface area contributed by atoms with Crippen molar-refractivity contribution in [3.63, 3.8) is 0 Å². The zero-order valence-electron chi connectivity index (χ0n) is 18.4. The molecule has 0 bridgehead atoms. The predicted octanol–water partition coefficient (Wildman–Crippen LogP) is 3.19. The first-order valence-corrected chi connectivity index (χ1v) is 11.1. The van der Waals surface area contributed by atoms with Gasteiger partial charge in [-0.25, -0.2) is 0 Å². The summed E-state index contributed by atoms with van der Waals surface area (Å²) in [7, 11) is 1.90. The summed E-state index contributed by atoms with van der Waals surface area (Å²) >= 11 is 0. The third-order valence-electron chi connectivity index (χ3n) is 6.99. The van der Waals surface area contributed by atoms with E-state index in [1.165, 1.54) is 18.4 Å². The van der Waals surface area contributed by atoms with E-state index in [0.717, 1.165) is 64.9 Å². The van der Waals surface area contributed by atoms with E-state index >= 15 is 0 Å². The minimum atomic E-state index is 0. The van der Waals surface area contributed by atoms with Crippen LogP contribution < -0.4 is 10.6 Å². The van der Waals surface area contributed by atoms with Crippen molar-refractivity contribution in [3.05, 3.63) is 35.9 Å². The van der Waals surface area contributed by atoms with Gasteiger partial charge in [-0.3, -0.25) is 4.99 Å². The van der Waals surface area contributed by atoms with Crippen molar-refractivity contribution in [2.45, 2.75) is 44.2 Å². The average Bonchev–Trinajstić information content (AvgIpc) is 3.40. The number of rotatable bonds is 5. The molecule has 1 aromatic carbocycles. The van der Waals surface area contributed by atoms with Crippen LogP contribution in [0, 0.1) is 5.41 Å². The Balaban J connectivity index is 0.00000256. The molecule has 0 aliphatic carbocycles. The van der Waals surface area contributed by atoms with Gasteiger partial charge < -0.3 is 25.0 Å². The highest BCUT2D eigenvalue weighted by atomic mass is 127. The van der Waals surface area contributed by atoms with E-state index in [9.17, 15) is 0 Å². The summed E-state index contributed by atoms with van der Waals surface area (Å²) in [6.45, 7) is 8.65. The molecule has 3 saturated heterocycles. The molecule has 30 heavy (non-hydrogen) atoms. The van der Waals surface area contributed by atoms with Crippen LogP contribution in [0.15, 0.2) is 35.3 Å². The molecule has 4 rings (SSSR count). The Morgan fingerprint density at radius 2 is 1.83 bits per heavy atom. The van der Waals surface area contributed by atoms with E-state index in [1.54, 1.807) is 0 Å². The van der Waals surface area contributed by atoms with Crippen LogP contribution in [-0.2, 0) is 9.47 Å². The SMILES string of the molecule is CN=C(NCC1(NC(C)c2ccccc2)CCOCC1)N1CCC2(CCOC2)C1.I. The smallest absolute Gasteiger partial charge is 0.193 e. The first kappa shape index (κ1) is 23.8. The fraction of sp³-hybridized carbons (Fsp3) is 0.696. The normalized spacial score (nSPS) is 27.1. The molecule has 168 valence electrons. The summed E-state index contributed by atoms with van der Waals surface area (Å²) in [4.78, 5) is 7.03. The molecule has 3 aliphatic heterocycles.